The summed E-state index contributed by atoms with van der Waals surface area (Å²) in [4.78, 5) is 48.8. The number of ether oxygens (including phenoxy) is 1. The number of piperidine rings is 2. The largest absolute Gasteiger partial charge is 0.496 e. The molecule has 2 atom stereocenters. The van der Waals surface area contributed by atoms with Crippen molar-refractivity contribution in [2.24, 2.45) is 21.4 Å². The smallest absolute Gasteiger partial charge is 0.306 e. The van der Waals surface area contributed by atoms with Crippen LogP contribution >= 0.6 is 23.2 Å². The lowest BCUT2D eigenvalue weighted by molar-refractivity contribution is -0.144. The highest BCUT2D eigenvalue weighted by Gasteiger charge is 2.47. The predicted molar refractivity (Wildman–Crippen MR) is 204 cm³/mol. The number of likely N-dealkylation sites (tertiary alicyclic amines) is 2. The molecule has 5 heterocycles. The molecule has 15 heteroatoms. The summed E-state index contributed by atoms with van der Waals surface area (Å²) >= 11 is 13.0. The van der Waals surface area contributed by atoms with Crippen molar-refractivity contribution in [3.63, 3.8) is 0 Å². The fourth-order valence-electron chi connectivity index (χ4n) is 8.33. The van der Waals surface area contributed by atoms with Gasteiger partial charge in [-0.1, -0.05) is 41.4 Å². The van der Waals surface area contributed by atoms with Gasteiger partial charge in [0.25, 0.3) is 5.91 Å². The number of halogens is 2. The normalized spacial score (nSPS) is 23.1. The van der Waals surface area contributed by atoms with Gasteiger partial charge in [-0.2, -0.15) is 5.11 Å². The summed E-state index contributed by atoms with van der Waals surface area (Å²) < 4.78 is 5.63. The summed E-state index contributed by atoms with van der Waals surface area (Å²) in [5.74, 6) is -0.915. The van der Waals surface area contributed by atoms with E-state index in [2.05, 4.69) is 30.7 Å². The number of hydrogen-bond donors (Lipinski definition) is 2. The molecule has 4 aliphatic rings. The number of methoxy groups -OCH3 is 1. The van der Waals surface area contributed by atoms with E-state index in [9.17, 15) is 19.5 Å². The lowest BCUT2D eigenvalue weighted by atomic mass is 9.73. The average Bonchev–Trinajstić information content (AvgIpc) is 3.91. The van der Waals surface area contributed by atoms with E-state index in [4.69, 9.17) is 27.9 Å². The second-order valence-electron chi connectivity index (χ2n) is 14.7. The van der Waals surface area contributed by atoms with Crippen LogP contribution in [-0.4, -0.2) is 102 Å². The molecule has 3 fully saturated rings. The number of benzene rings is 2. The number of carbonyl (C=O) groups is 3. The van der Waals surface area contributed by atoms with Crippen LogP contribution in [-0.2, 0) is 20.4 Å². The van der Waals surface area contributed by atoms with Gasteiger partial charge >= 0.3 is 5.97 Å². The van der Waals surface area contributed by atoms with Crippen molar-refractivity contribution in [3.05, 3.63) is 93.2 Å². The average molecular weight is 776 g/mol. The number of pyridine rings is 1. The Balaban J connectivity index is 1.07. The molecule has 0 saturated carbocycles. The number of aromatic nitrogens is 1. The zero-order valence-corrected chi connectivity index (χ0v) is 31.7. The van der Waals surface area contributed by atoms with Crippen LogP contribution in [0.2, 0.25) is 10.0 Å². The van der Waals surface area contributed by atoms with Gasteiger partial charge in [-0.15, -0.1) is 5.10 Å². The van der Waals surface area contributed by atoms with Gasteiger partial charge in [-0.05, 0) is 111 Å². The van der Waals surface area contributed by atoms with E-state index in [0.717, 1.165) is 36.2 Å². The van der Waals surface area contributed by atoms with E-state index in [1.807, 2.05) is 58.4 Å². The van der Waals surface area contributed by atoms with Gasteiger partial charge < -0.3 is 19.6 Å². The van der Waals surface area contributed by atoms with Crippen molar-refractivity contribution < 1.29 is 24.2 Å². The number of hydrogen-bond acceptors (Lipinski definition) is 10. The minimum atomic E-state index is -0.821. The SMILES string of the molecule is COc1ccc(C2C=NN=N2)cc1C(=O)N1CCC(CCN2CCC(C(=O)NN3CCC(C(=O)O)CC3)(c3ccccn3)CC2)(c2ccc(Cl)c(Cl)c2)C1. The van der Waals surface area contributed by atoms with Crippen LogP contribution in [0.1, 0.15) is 71.7 Å². The molecule has 7 rings (SSSR count). The molecule has 0 aliphatic carbocycles. The van der Waals surface area contributed by atoms with Gasteiger partial charge in [0.05, 0.1) is 46.0 Å². The number of rotatable bonds is 11. The minimum Gasteiger partial charge on any atom is -0.496 e. The van der Waals surface area contributed by atoms with Crippen LogP contribution in [0.4, 0.5) is 0 Å². The third-order valence-electron chi connectivity index (χ3n) is 11.7. The zero-order valence-electron chi connectivity index (χ0n) is 30.2. The van der Waals surface area contributed by atoms with Crippen molar-refractivity contribution in [2.45, 2.75) is 55.4 Å². The molecular formula is C39H44Cl2N8O5. The van der Waals surface area contributed by atoms with E-state index in [1.54, 1.807) is 25.6 Å². The molecule has 4 aliphatic heterocycles. The first-order valence-corrected chi connectivity index (χ1v) is 19.2. The van der Waals surface area contributed by atoms with Crippen molar-refractivity contribution >= 4 is 47.2 Å². The second-order valence-corrected chi connectivity index (χ2v) is 15.5. The highest BCUT2D eigenvalue weighted by Crippen LogP contribution is 2.42. The fourth-order valence-corrected chi connectivity index (χ4v) is 8.63. The maximum Gasteiger partial charge on any atom is 0.306 e. The first-order valence-electron chi connectivity index (χ1n) is 18.4. The Labute approximate surface area is 324 Å². The maximum absolute atomic E-state index is 14.2. The Kier molecular flexibility index (Phi) is 11.3. The number of carboxylic acid groups (broad SMARTS) is 1. The molecule has 0 spiro atoms. The molecule has 284 valence electrons. The number of hydrazine groups is 1. The first-order chi connectivity index (χ1) is 26.1. The molecule has 2 N–H and O–H groups in total. The van der Waals surface area contributed by atoms with Crippen LogP contribution in [0.15, 0.2) is 76.2 Å². The van der Waals surface area contributed by atoms with Crippen molar-refractivity contribution in [1.82, 2.24) is 25.2 Å². The van der Waals surface area contributed by atoms with Crippen LogP contribution in [0.25, 0.3) is 0 Å². The lowest BCUT2D eigenvalue weighted by Gasteiger charge is -2.42. The summed E-state index contributed by atoms with van der Waals surface area (Å²) in [5.41, 5.74) is 4.95. The summed E-state index contributed by atoms with van der Waals surface area (Å²) in [5, 5.41) is 24.0. The van der Waals surface area contributed by atoms with E-state index >= 15 is 0 Å². The topological polar surface area (TPSA) is 152 Å². The Morgan fingerprint density at radius 1 is 0.963 bits per heavy atom. The van der Waals surface area contributed by atoms with Crippen LogP contribution in [0.3, 0.4) is 0 Å². The molecule has 3 aromatic rings. The first kappa shape index (κ1) is 37.9. The highest BCUT2D eigenvalue weighted by atomic mass is 35.5. The fraction of sp³-hybridized carbons (Fsp3) is 0.462. The van der Waals surface area contributed by atoms with Crippen molar-refractivity contribution in [1.29, 1.82) is 0 Å². The van der Waals surface area contributed by atoms with E-state index in [1.165, 1.54) is 0 Å². The molecule has 13 nitrogen and oxygen atoms in total. The van der Waals surface area contributed by atoms with Gasteiger partial charge in [-0.25, -0.2) is 5.01 Å². The van der Waals surface area contributed by atoms with Crippen LogP contribution < -0.4 is 10.2 Å². The Morgan fingerprint density at radius 3 is 2.43 bits per heavy atom. The van der Waals surface area contributed by atoms with Gasteiger partial charge in [0.15, 0.2) is 0 Å². The molecule has 2 amide bonds. The Hall–Kier alpha value is -4.43. The van der Waals surface area contributed by atoms with Gasteiger partial charge in [0.2, 0.25) is 5.91 Å². The highest BCUT2D eigenvalue weighted by molar-refractivity contribution is 6.42. The number of nitrogens with one attached hydrogen (secondary N) is 1. The summed E-state index contributed by atoms with van der Waals surface area (Å²) in [6, 6.07) is 16.6. The maximum atomic E-state index is 14.2. The monoisotopic (exact) mass is 774 g/mol. The zero-order chi connectivity index (χ0) is 37.9. The van der Waals surface area contributed by atoms with Gasteiger partial charge in [-0.3, -0.25) is 24.8 Å². The quantitative estimate of drug-likeness (QED) is 0.244. The third-order valence-corrected chi connectivity index (χ3v) is 12.5. The van der Waals surface area contributed by atoms with Crippen molar-refractivity contribution in [3.8, 4) is 5.75 Å². The van der Waals surface area contributed by atoms with E-state index < -0.39 is 16.8 Å². The lowest BCUT2D eigenvalue weighted by Crippen LogP contribution is -2.57. The second kappa shape index (κ2) is 16.1. The minimum absolute atomic E-state index is 0.102. The number of carboxylic acids is 1. The van der Waals surface area contributed by atoms with Gasteiger partial charge in [0.1, 0.15) is 11.8 Å². The summed E-state index contributed by atoms with van der Waals surface area (Å²) in [6.45, 7) is 4.11. The molecule has 0 bridgehead atoms. The van der Waals surface area contributed by atoms with Gasteiger partial charge in [0, 0.05) is 37.8 Å². The molecule has 2 aromatic carbocycles. The Bertz CT molecular complexity index is 1920. The van der Waals surface area contributed by atoms with E-state index in [0.29, 0.717) is 86.3 Å². The van der Waals surface area contributed by atoms with Crippen LogP contribution in [0.5, 0.6) is 5.75 Å². The molecule has 0 radical (unpaired) electrons. The molecule has 3 saturated heterocycles. The number of carbonyl (C=O) groups excluding carboxylic acids is 2. The summed E-state index contributed by atoms with van der Waals surface area (Å²) in [7, 11) is 1.56. The van der Waals surface area contributed by atoms with Crippen molar-refractivity contribution in [2.75, 3.05) is 52.9 Å². The van der Waals surface area contributed by atoms with E-state index in [-0.39, 0.29) is 23.8 Å². The third kappa shape index (κ3) is 7.72. The Morgan fingerprint density at radius 2 is 1.76 bits per heavy atom. The molecule has 1 aromatic heterocycles. The number of nitrogens with zero attached hydrogens (tertiary/aromatic N) is 7. The van der Waals surface area contributed by atoms with Crippen LogP contribution in [0, 0.1) is 5.92 Å². The summed E-state index contributed by atoms with van der Waals surface area (Å²) in [6.07, 6.45) is 6.99. The molecule has 2 unspecified atom stereocenters. The molecular weight excluding hydrogens is 731 g/mol. The number of aliphatic carboxylic acids is 1. The molecule has 54 heavy (non-hydrogen) atoms. The standard InChI is InChI=1S/C39H44Cl2N8O5/c1-54-33-8-5-27(32-24-43-46-44-32)22-29(33)35(50)48-21-12-38(25-48,28-6-7-30(40)31(41)23-28)11-18-47-19-13-39(14-20-47,34-4-2-3-15-42-34)37(53)45-49-16-9-26(10-17-49)36(51)52/h2-8,15,22-24,26,32H,9-14,16-21,25H2,1H3,(H,45,53)(H,51,52). The predicted octanol–water partition coefficient (Wildman–Crippen LogP) is 5.93. The number of amides is 2.